The molecule has 2 aromatic rings. The van der Waals surface area contributed by atoms with E-state index in [9.17, 15) is 0 Å². The van der Waals surface area contributed by atoms with Crippen LogP contribution in [-0.2, 0) is 0 Å². The molecule has 0 aromatic heterocycles. The zero-order chi connectivity index (χ0) is 11.3. The van der Waals surface area contributed by atoms with Crippen molar-refractivity contribution in [2.75, 3.05) is 30.6 Å². The van der Waals surface area contributed by atoms with Crippen LogP contribution in [0, 0.1) is 0 Å². The molecule has 2 aromatic carbocycles. The van der Waals surface area contributed by atoms with Gasteiger partial charge in [-0.25, -0.2) is 0 Å². The first-order valence-corrected chi connectivity index (χ1v) is 6.11. The minimum absolute atomic E-state index is 0.938. The molecule has 0 aliphatic carbocycles. The number of anilines is 2. The van der Waals surface area contributed by atoms with Gasteiger partial charge in [-0.2, -0.15) is 0 Å². The Hall–Kier alpha value is -1.22. The fourth-order valence-corrected chi connectivity index (χ4v) is 2.90. The number of benzene rings is 2. The minimum Gasteiger partial charge on any atom is -0.356 e. The molecule has 0 radical (unpaired) electrons. The molecule has 0 spiro atoms. The van der Waals surface area contributed by atoms with Gasteiger partial charge >= 0.3 is 0 Å². The van der Waals surface area contributed by atoms with Crippen LogP contribution in [0.25, 0.3) is 10.8 Å². The molecule has 0 saturated heterocycles. The molecule has 0 bridgehead atoms. The Morgan fingerprint density at radius 2 is 1.69 bits per heavy atom. The van der Waals surface area contributed by atoms with Gasteiger partial charge < -0.3 is 9.80 Å². The van der Waals surface area contributed by atoms with Gasteiger partial charge in [0.05, 0.1) is 6.67 Å². The summed E-state index contributed by atoms with van der Waals surface area (Å²) in [6.07, 6.45) is 0. The number of rotatable bonds is 0. The zero-order valence-corrected chi connectivity index (χ0v) is 11.0. The van der Waals surface area contributed by atoms with Gasteiger partial charge in [0, 0.05) is 40.7 Å². The lowest BCUT2D eigenvalue weighted by Crippen LogP contribution is -2.36. The number of hydrogen-bond acceptors (Lipinski definition) is 2. The van der Waals surface area contributed by atoms with Crippen LogP contribution < -0.4 is 9.80 Å². The summed E-state index contributed by atoms with van der Waals surface area (Å²) in [6, 6.07) is 10.8. The lowest BCUT2D eigenvalue weighted by molar-refractivity contribution is 0.847. The molecule has 0 unspecified atom stereocenters. The molecule has 0 atom stereocenters. The van der Waals surface area contributed by atoms with Crippen LogP contribution in [0.15, 0.2) is 34.8 Å². The van der Waals surface area contributed by atoms with E-state index in [1.165, 1.54) is 22.1 Å². The van der Waals surface area contributed by atoms with Crippen LogP contribution in [0.4, 0.5) is 11.4 Å². The van der Waals surface area contributed by atoms with Crippen molar-refractivity contribution in [1.82, 2.24) is 0 Å². The van der Waals surface area contributed by atoms with Crippen LogP contribution >= 0.6 is 15.9 Å². The summed E-state index contributed by atoms with van der Waals surface area (Å²) in [6.45, 7) is 0.938. The second-order valence-corrected chi connectivity index (χ2v) is 5.16. The van der Waals surface area contributed by atoms with E-state index in [2.05, 4.69) is 70.2 Å². The van der Waals surface area contributed by atoms with Crippen molar-refractivity contribution in [3.8, 4) is 0 Å². The third kappa shape index (κ3) is 1.24. The van der Waals surface area contributed by atoms with Crippen molar-refractivity contribution < 1.29 is 0 Å². The van der Waals surface area contributed by atoms with Crippen LogP contribution in [-0.4, -0.2) is 20.8 Å². The van der Waals surface area contributed by atoms with Crippen molar-refractivity contribution in [3.63, 3.8) is 0 Å². The maximum Gasteiger partial charge on any atom is 0.0897 e. The maximum atomic E-state index is 3.62. The van der Waals surface area contributed by atoms with E-state index in [-0.39, 0.29) is 0 Å². The van der Waals surface area contributed by atoms with Crippen molar-refractivity contribution in [2.24, 2.45) is 0 Å². The molecule has 3 heteroatoms. The molecule has 0 amide bonds. The number of nitrogens with zero attached hydrogens (tertiary/aromatic N) is 2. The molecule has 82 valence electrons. The molecule has 2 nitrogen and oxygen atoms in total. The summed E-state index contributed by atoms with van der Waals surface area (Å²) in [5.41, 5.74) is 2.62. The molecular formula is C13H13BrN2. The first kappa shape index (κ1) is 9.97. The Kier molecular flexibility index (Phi) is 2.11. The van der Waals surface area contributed by atoms with Crippen LogP contribution in [0.3, 0.4) is 0 Å². The Bertz CT molecular complexity index is 551. The predicted molar refractivity (Wildman–Crippen MR) is 73.3 cm³/mol. The van der Waals surface area contributed by atoms with Gasteiger partial charge in [0.1, 0.15) is 0 Å². The van der Waals surface area contributed by atoms with E-state index in [1.54, 1.807) is 0 Å². The van der Waals surface area contributed by atoms with Gasteiger partial charge in [-0.05, 0) is 18.2 Å². The average Bonchev–Trinajstić information content (AvgIpc) is 2.27. The van der Waals surface area contributed by atoms with Gasteiger partial charge in [0.25, 0.3) is 0 Å². The van der Waals surface area contributed by atoms with E-state index in [0.29, 0.717) is 0 Å². The molecule has 3 rings (SSSR count). The normalized spacial score (nSPS) is 14.7. The summed E-state index contributed by atoms with van der Waals surface area (Å²) in [4.78, 5) is 4.56. The van der Waals surface area contributed by atoms with Gasteiger partial charge in [-0.1, -0.05) is 28.1 Å². The molecule has 0 N–H and O–H groups in total. The topological polar surface area (TPSA) is 6.48 Å². The SMILES string of the molecule is CN1CN(C)c2ccc(Br)c3cccc1c23. The van der Waals surface area contributed by atoms with Crippen molar-refractivity contribution in [3.05, 3.63) is 34.8 Å². The summed E-state index contributed by atoms with van der Waals surface area (Å²) in [5.74, 6) is 0. The molecule has 1 aliphatic heterocycles. The second kappa shape index (κ2) is 3.39. The highest BCUT2D eigenvalue weighted by Gasteiger charge is 2.19. The average molecular weight is 277 g/mol. The largest absolute Gasteiger partial charge is 0.356 e. The molecule has 1 aliphatic rings. The lowest BCUT2D eigenvalue weighted by Gasteiger charge is -2.35. The van der Waals surface area contributed by atoms with Gasteiger partial charge in [0.2, 0.25) is 0 Å². The summed E-state index contributed by atoms with van der Waals surface area (Å²) in [7, 11) is 4.27. The molecule has 0 fully saturated rings. The van der Waals surface area contributed by atoms with Gasteiger partial charge in [-0.3, -0.25) is 0 Å². The van der Waals surface area contributed by atoms with Crippen molar-refractivity contribution in [1.29, 1.82) is 0 Å². The standard InChI is InChI=1S/C13H13BrN2/c1-15-8-16(2)12-7-6-10(14)9-4-3-5-11(15)13(9)12/h3-7H,8H2,1-2H3. The molecule has 16 heavy (non-hydrogen) atoms. The maximum absolute atomic E-state index is 3.62. The van der Waals surface area contributed by atoms with Gasteiger partial charge in [-0.15, -0.1) is 0 Å². The lowest BCUT2D eigenvalue weighted by atomic mass is 10.0. The van der Waals surface area contributed by atoms with Crippen LogP contribution in [0.1, 0.15) is 0 Å². The third-order valence-electron chi connectivity index (χ3n) is 3.19. The predicted octanol–water partition coefficient (Wildman–Crippen LogP) is 3.45. The second-order valence-electron chi connectivity index (χ2n) is 4.30. The molecule has 1 heterocycles. The molecular weight excluding hydrogens is 264 g/mol. The quantitative estimate of drug-likeness (QED) is 0.727. The Labute approximate surface area is 104 Å². The zero-order valence-electron chi connectivity index (χ0n) is 9.37. The summed E-state index contributed by atoms with van der Waals surface area (Å²) in [5, 5.41) is 2.63. The van der Waals surface area contributed by atoms with E-state index >= 15 is 0 Å². The Morgan fingerprint density at radius 1 is 1.00 bits per heavy atom. The molecule has 0 saturated carbocycles. The van der Waals surface area contributed by atoms with E-state index in [1.807, 2.05) is 0 Å². The van der Waals surface area contributed by atoms with E-state index in [0.717, 1.165) is 11.1 Å². The minimum atomic E-state index is 0.938. The summed E-state index contributed by atoms with van der Waals surface area (Å²) >= 11 is 3.62. The fourth-order valence-electron chi connectivity index (χ4n) is 2.44. The highest BCUT2D eigenvalue weighted by atomic mass is 79.9. The number of halogens is 1. The Balaban J connectivity index is 2.48. The smallest absolute Gasteiger partial charge is 0.0897 e. The number of hydrogen-bond donors (Lipinski definition) is 0. The van der Waals surface area contributed by atoms with Gasteiger partial charge in [0.15, 0.2) is 0 Å². The first-order chi connectivity index (χ1) is 7.68. The monoisotopic (exact) mass is 276 g/mol. The van der Waals surface area contributed by atoms with E-state index < -0.39 is 0 Å². The third-order valence-corrected chi connectivity index (χ3v) is 3.88. The van der Waals surface area contributed by atoms with Crippen molar-refractivity contribution >= 4 is 38.1 Å². The fraction of sp³-hybridized carbons (Fsp3) is 0.231. The van der Waals surface area contributed by atoms with Crippen molar-refractivity contribution in [2.45, 2.75) is 0 Å². The van der Waals surface area contributed by atoms with E-state index in [4.69, 9.17) is 0 Å². The Morgan fingerprint density at radius 3 is 2.44 bits per heavy atom. The van der Waals surface area contributed by atoms with Crippen LogP contribution in [0.2, 0.25) is 0 Å². The van der Waals surface area contributed by atoms with Crippen LogP contribution in [0.5, 0.6) is 0 Å². The highest BCUT2D eigenvalue weighted by molar-refractivity contribution is 9.10. The first-order valence-electron chi connectivity index (χ1n) is 5.32. The highest BCUT2D eigenvalue weighted by Crippen LogP contribution is 2.40. The summed E-state index contributed by atoms with van der Waals surface area (Å²) < 4.78 is 1.16.